The van der Waals surface area contributed by atoms with E-state index in [0.29, 0.717) is 45.0 Å². The van der Waals surface area contributed by atoms with Crippen LogP contribution in [0.1, 0.15) is 32.6 Å². The highest BCUT2D eigenvalue weighted by Crippen LogP contribution is 2.22. The Hall–Kier alpha value is -2.71. The number of carbonyl (C=O) groups is 3. The SMILES string of the molecule is CCOC(=O)C1CCN(C(=O)CN(C)C(=O)C2CCCN(c3ncccn3)C2)CC1. The van der Waals surface area contributed by atoms with Gasteiger partial charge in [0.25, 0.3) is 0 Å². The molecule has 0 aromatic carbocycles. The van der Waals surface area contributed by atoms with Crippen molar-refractivity contribution in [3.05, 3.63) is 18.5 Å². The van der Waals surface area contributed by atoms with Crippen LogP contribution in [0.2, 0.25) is 0 Å². The van der Waals surface area contributed by atoms with Crippen LogP contribution in [0.5, 0.6) is 0 Å². The zero-order valence-corrected chi connectivity index (χ0v) is 17.8. The summed E-state index contributed by atoms with van der Waals surface area (Å²) in [5.41, 5.74) is 0. The largest absolute Gasteiger partial charge is 0.466 e. The average molecular weight is 418 g/mol. The van der Waals surface area contributed by atoms with Gasteiger partial charge in [-0.15, -0.1) is 0 Å². The van der Waals surface area contributed by atoms with Gasteiger partial charge in [-0.05, 0) is 38.7 Å². The Kier molecular flexibility index (Phi) is 7.59. The first-order chi connectivity index (χ1) is 14.5. The van der Waals surface area contributed by atoms with Gasteiger partial charge in [-0.1, -0.05) is 0 Å². The number of carbonyl (C=O) groups excluding carboxylic acids is 3. The Balaban J connectivity index is 1.48. The first-order valence-electron chi connectivity index (χ1n) is 10.7. The van der Waals surface area contributed by atoms with Crippen molar-refractivity contribution in [3.63, 3.8) is 0 Å². The second kappa shape index (κ2) is 10.4. The van der Waals surface area contributed by atoms with Crippen molar-refractivity contribution in [1.82, 2.24) is 19.8 Å². The molecule has 30 heavy (non-hydrogen) atoms. The summed E-state index contributed by atoms with van der Waals surface area (Å²) in [5, 5.41) is 0. The van der Waals surface area contributed by atoms with E-state index < -0.39 is 0 Å². The van der Waals surface area contributed by atoms with E-state index in [9.17, 15) is 14.4 Å². The van der Waals surface area contributed by atoms with E-state index in [-0.39, 0.29) is 36.2 Å². The summed E-state index contributed by atoms with van der Waals surface area (Å²) in [6.45, 7) is 4.65. The number of esters is 1. The van der Waals surface area contributed by atoms with Crippen molar-refractivity contribution in [3.8, 4) is 0 Å². The van der Waals surface area contributed by atoms with Gasteiger partial charge in [0, 0.05) is 45.6 Å². The number of aromatic nitrogens is 2. The van der Waals surface area contributed by atoms with Crippen LogP contribution in [-0.4, -0.2) is 83.9 Å². The molecule has 0 spiro atoms. The number of amides is 2. The second-order valence-corrected chi connectivity index (χ2v) is 7.94. The number of anilines is 1. The highest BCUT2D eigenvalue weighted by molar-refractivity contribution is 5.86. The third-order valence-electron chi connectivity index (χ3n) is 5.82. The molecule has 9 nitrogen and oxygen atoms in total. The Morgan fingerprint density at radius 3 is 2.47 bits per heavy atom. The van der Waals surface area contributed by atoms with Crippen LogP contribution in [0.4, 0.5) is 5.95 Å². The first kappa shape index (κ1) is 22.0. The fraction of sp³-hybridized carbons (Fsp3) is 0.667. The van der Waals surface area contributed by atoms with Crippen LogP contribution >= 0.6 is 0 Å². The summed E-state index contributed by atoms with van der Waals surface area (Å²) in [4.78, 5) is 51.3. The molecule has 164 valence electrons. The lowest BCUT2D eigenvalue weighted by Crippen LogP contribution is -2.49. The molecule has 0 N–H and O–H groups in total. The fourth-order valence-corrected chi connectivity index (χ4v) is 4.13. The lowest BCUT2D eigenvalue weighted by molar-refractivity contribution is -0.151. The smallest absolute Gasteiger partial charge is 0.309 e. The van der Waals surface area contributed by atoms with Gasteiger partial charge in [-0.25, -0.2) is 9.97 Å². The van der Waals surface area contributed by atoms with Gasteiger partial charge in [0.1, 0.15) is 0 Å². The molecular formula is C21H31N5O4. The predicted octanol–water partition coefficient (Wildman–Crippen LogP) is 0.953. The molecule has 1 unspecified atom stereocenters. The van der Waals surface area contributed by atoms with Crippen molar-refractivity contribution in [2.45, 2.75) is 32.6 Å². The number of hydrogen-bond acceptors (Lipinski definition) is 7. The zero-order valence-electron chi connectivity index (χ0n) is 17.8. The Morgan fingerprint density at radius 2 is 1.80 bits per heavy atom. The summed E-state index contributed by atoms with van der Waals surface area (Å²) in [7, 11) is 1.68. The van der Waals surface area contributed by atoms with Gasteiger partial charge in [0.05, 0.1) is 25.0 Å². The minimum absolute atomic E-state index is 0.0228. The summed E-state index contributed by atoms with van der Waals surface area (Å²) in [6, 6.07) is 1.77. The van der Waals surface area contributed by atoms with E-state index in [0.717, 1.165) is 19.4 Å². The molecule has 3 rings (SSSR count). The highest BCUT2D eigenvalue weighted by atomic mass is 16.5. The van der Waals surface area contributed by atoms with Crippen LogP contribution < -0.4 is 4.90 Å². The van der Waals surface area contributed by atoms with Gasteiger partial charge in [0.2, 0.25) is 17.8 Å². The van der Waals surface area contributed by atoms with E-state index in [2.05, 4.69) is 9.97 Å². The molecule has 2 saturated heterocycles. The molecular weight excluding hydrogens is 386 g/mol. The van der Waals surface area contributed by atoms with Crippen LogP contribution in [0.15, 0.2) is 18.5 Å². The highest BCUT2D eigenvalue weighted by Gasteiger charge is 2.32. The molecule has 1 atom stereocenters. The Morgan fingerprint density at radius 1 is 1.10 bits per heavy atom. The number of hydrogen-bond donors (Lipinski definition) is 0. The van der Waals surface area contributed by atoms with Crippen molar-refractivity contribution in [2.24, 2.45) is 11.8 Å². The molecule has 9 heteroatoms. The molecule has 1 aromatic heterocycles. The Bertz CT molecular complexity index is 736. The van der Waals surface area contributed by atoms with E-state index >= 15 is 0 Å². The monoisotopic (exact) mass is 417 g/mol. The molecule has 0 saturated carbocycles. The van der Waals surface area contributed by atoms with Crippen LogP contribution in [-0.2, 0) is 19.1 Å². The van der Waals surface area contributed by atoms with Crippen molar-refractivity contribution in [2.75, 3.05) is 51.3 Å². The van der Waals surface area contributed by atoms with Crippen LogP contribution in [0, 0.1) is 11.8 Å². The number of ether oxygens (including phenoxy) is 1. The topological polar surface area (TPSA) is 95.9 Å². The van der Waals surface area contributed by atoms with Crippen LogP contribution in [0.3, 0.4) is 0 Å². The van der Waals surface area contributed by atoms with E-state index in [1.165, 1.54) is 4.90 Å². The third kappa shape index (κ3) is 5.46. The summed E-state index contributed by atoms with van der Waals surface area (Å²) in [6.07, 6.45) is 6.30. The first-order valence-corrected chi connectivity index (χ1v) is 10.7. The zero-order chi connectivity index (χ0) is 21.5. The lowest BCUT2D eigenvalue weighted by Gasteiger charge is -2.35. The molecule has 0 aliphatic carbocycles. The van der Waals surface area contributed by atoms with Gasteiger partial charge < -0.3 is 19.4 Å². The minimum atomic E-state index is -0.179. The summed E-state index contributed by atoms with van der Waals surface area (Å²) in [5.74, 6) is 0.0497. The van der Waals surface area contributed by atoms with Crippen LogP contribution in [0.25, 0.3) is 0 Å². The normalized spacial score (nSPS) is 20.0. The molecule has 2 amide bonds. The molecule has 2 aliphatic rings. The van der Waals surface area contributed by atoms with Crippen molar-refractivity contribution in [1.29, 1.82) is 0 Å². The fourth-order valence-electron chi connectivity index (χ4n) is 4.13. The minimum Gasteiger partial charge on any atom is -0.466 e. The van der Waals surface area contributed by atoms with Crippen molar-refractivity contribution >= 4 is 23.7 Å². The van der Waals surface area contributed by atoms with E-state index in [1.807, 2.05) is 4.90 Å². The molecule has 2 fully saturated rings. The maximum absolute atomic E-state index is 12.9. The molecule has 3 heterocycles. The summed E-state index contributed by atoms with van der Waals surface area (Å²) < 4.78 is 5.07. The lowest BCUT2D eigenvalue weighted by atomic mass is 9.96. The average Bonchev–Trinajstić information content (AvgIpc) is 2.79. The Labute approximate surface area is 177 Å². The number of nitrogens with zero attached hydrogens (tertiary/aromatic N) is 5. The summed E-state index contributed by atoms with van der Waals surface area (Å²) >= 11 is 0. The standard InChI is InChI=1S/C21H31N5O4/c1-3-30-20(29)16-7-12-25(13-8-16)18(27)15-24(2)19(28)17-6-4-11-26(14-17)21-22-9-5-10-23-21/h5,9-10,16-17H,3-4,6-8,11-15H2,1-2H3. The number of likely N-dealkylation sites (tertiary alicyclic amines) is 1. The van der Waals surface area contributed by atoms with E-state index in [1.54, 1.807) is 37.3 Å². The molecule has 1 aromatic rings. The third-order valence-corrected chi connectivity index (χ3v) is 5.82. The predicted molar refractivity (Wildman–Crippen MR) is 111 cm³/mol. The maximum atomic E-state index is 12.9. The van der Waals surface area contributed by atoms with Gasteiger partial charge in [-0.2, -0.15) is 0 Å². The van der Waals surface area contributed by atoms with Gasteiger partial charge in [0.15, 0.2) is 0 Å². The number of likely N-dealkylation sites (N-methyl/N-ethyl adjacent to an activating group) is 1. The quantitative estimate of drug-likeness (QED) is 0.636. The van der Waals surface area contributed by atoms with Gasteiger partial charge >= 0.3 is 5.97 Å². The van der Waals surface area contributed by atoms with Gasteiger partial charge in [-0.3, -0.25) is 14.4 Å². The molecule has 2 aliphatic heterocycles. The van der Waals surface area contributed by atoms with E-state index in [4.69, 9.17) is 4.74 Å². The molecule has 0 radical (unpaired) electrons. The second-order valence-electron chi connectivity index (χ2n) is 7.94. The molecule has 0 bridgehead atoms. The number of piperidine rings is 2. The number of rotatable bonds is 6. The maximum Gasteiger partial charge on any atom is 0.309 e. The van der Waals surface area contributed by atoms with Crippen molar-refractivity contribution < 1.29 is 19.1 Å².